The highest BCUT2D eigenvalue weighted by atomic mass is 35.5. The molecule has 2 fully saturated rings. The highest BCUT2D eigenvalue weighted by Gasteiger charge is 2.44. The molecular weight excluding hydrogens is 520 g/mol. The topological polar surface area (TPSA) is 83.5 Å². The second-order valence-electron chi connectivity index (χ2n) is 10.1. The molecule has 0 radical (unpaired) electrons. The predicted molar refractivity (Wildman–Crippen MR) is 147 cm³/mol. The summed E-state index contributed by atoms with van der Waals surface area (Å²) < 4.78 is 29.2. The zero-order valence-electron chi connectivity index (χ0n) is 21.9. The van der Waals surface area contributed by atoms with Crippen molar-refractivity contribution >= 4 is 17.6 Å². The third-order valence-electron chi connectivity index (χ3n) is 7.26. The van der Waals surface area contributed by atoms with Gasteiger partial charge in [-0.25, -0.2) is 4.79 Å². The van der Waals surface area contributed by atoms with E-state index in [1.807, 2.05) is 60.7 Å². The maximum Gasteiger partial charge on any atom is 0.332 e. The van der Waals surface area contributed by atoms with Gasteiger partial charge in [-0.15, -0.1) is 0 Å². The van der Waals surface area contributed by atoms with Crippen LogP contribution < -0.4 is 9.47 Å². The molecule has 1 N–H and O–H groups in total. The lowest BCUT2D eigenvalue weighted by atomic mass is 9.91. The van der Waals surface area contributed by atoms with Gasteiger partial charge in [0, 0.05) is 29.4 Å². The number of hydrogen-bond acceptors (Lipinski definition) is 6. The van der Waals surface area contributed by atoms with Gasteiger partial charge in [-0.3, -0.25) is 0 Å². The second-order valence-corrected chi connectivity index (χ2v) is 10.5. The van der Waals surface area contributed by atoms with Crippen LogP contribution in [-0.2, 0) is 31.2 Å². The molecular formula is C31H33ClO7. The van der Waals surface area contributed by atoms with Crippen LogP contribution in [0.1, 0.15) is 30.9 Å². The summed E-state index contributed by atoms with van der Waals surface area (Å²) in [6.07, 6.45) is 1.06. The monoisotopic (exact) mass is 552 g/mol. The Morgan fingerprint density at radius 1 is 1.03 bits per heavy atom. The van der Waals surface area contributed by atoms with Gasteiger partial charge in [-0.05, 0) is 67.1 Å². The van der Waals surface area contributed by atoms with Gasteiger partial charge in [0.05, 0.1) is 19.8 Å². The fourth-order valence-electron chi connectivity index (χ4n) is 4.81. The third kappa shape index (κ3) is 6.56. The number of benzene rings is 3. The van der Waals surface area contributed by atoms with Gasteiger partial charge in [0.2, 0.25) is 0 Å². The number of carboxylic acids is 1. The first-order valence-corrected chi connectivity index (χ1v) is 13.6. The van der Waals surface area contributed by atoms with Crippen LogP contribution in [-0.4, -0.2) is 50.2 Å². The minimum atomic E-state index is -1.00. The molecule has 2 saturated heterocycles. The average molecular weight is 553 g/mol. The van der Waals surface area contributed by atoms with Crippen LogP contribution in [0.2, 0.25) is 5.02 Å². The van der Waals surface area contributed by atoms with E-state index in [1.165, 1.54) is 6.92 Å². The molecule has 0 saturated carbocycles. The molecule has 0 aromatic heterocycles. The predicted octanol–water partition coefficient (Wildman–Crippen LogP) is 6.11. The number of carbonyl (C=O) groups is 1. The van der Waals surface area contributed by atoms with Gasteiger partial charge >= 0.3 is 5.97 Å². The number of rotatable bonds is 11. The van der Waals surface area contributed by atoms with E-state index in [1.54, 1.807) is 0 Å². The van der Waals surface area contributed by atoms with Crippen LogP contribution in [0, 0.1) is 5.92 Å². The van der Waals surface area contributed by atoms with Crippen LogP contribution in [0.15, 0.2) is 66.7 Å². The average Bonchev–Trinajstić information content (AvgIpc) is 2.94. The minimum Gasteiger partial charge on any atom is -0.493 e. The molecule has 5 rings (SSSR count). The minimum absolute atomic E-state index is 0.307. The van der Waals surface area contributed by atoms with E-state index >= 15 is 0 Å². The molecule has 0 amide bonds. The van der Waals surface area contributed by atoms with Crippen molar-refractivity contribution in [3.8, 4) is 22.6 Å². The van der Waals surface area contributed by atoms with Crippen molar-refractivity contribution < 1.29 is 33.6 Å². The van der Waals surface area contributed by atoms with Crippen molar-refractivity contribution in [3.63, 3.8) is 0 Å². The molecule has 2 heterocycles. The SMILES string of the molecule is CC(OC1(c2ccc(OCc3cc(-c4ccccc4Cl)ccc3OCC3CCOCC3)cc2)COC1)C(=O)O. The zero-order chi connectivity index (χ0) is 27.2. The molecule has 8 heteroatoms. The molecule has 206 valence electrons. The zero-order valence-corrected chi connectivity index (χ0v) is 22.7. The fraction of sp³-hybridized carbons (Fsp3) is 0.387. The van der Waals surface area contributed by atoms with Crippen LogP contribution in [0.4, 0.5) is 0 Å². The third-order valence-corrected chi connectivity index (χ3v) is 7.59. The summed E-state index contributed by atoms with van der Waals surface area (Å²) in [5, 5.41) is 9.95. The van der Waals surface area contributed by atoms with Gasteiger partial charge in [0.1, 0.15) is 23.7 Å². The highest BCUT2D eigenvalue weighted by Crippen LogP contribution is 2.36. The Labute approximate surface area is 233 Å². The van der Waals surface area contributed by atoms with Crippen molar-refractivity contribution in [2.45, 2.75) is 38.1 Å². The normalized spacial score (nSPS) is 17.7. The Bertz CT molecular complexity index is 1270. The first-order valence-electron chi connectivity index (χ1n) is 13.2. The quantitative estimate of drug-likeness (QED) is 0.307. The standard InChI is InChI=1S/C31H33ClO7/c1-21(30(33)34)39-31(19-36-20-31)25-7-9-26(10-8-25)37-18-24-16-23(27-4-2-3-5-28(27)32)6-11-29(24)38-17-22-12-14-35-15-13-22/h2-11,16,21-22H,12-15,17-20H2,1H3,(H,33,34). The Hall–Kier alpha value is -3.10. The van der Waals surface area contributed by atoms with Crippen molar-refractivity contribution in [2.75, 3.05) is 33.0 Å². The van der Waals surface area contributed by atoms with Crippen LogP contribution in [0.5, 0.6) is 11.5 Å². The van der Waals surface area contributed by atoms with E-state index in [9.17, 15) is 9.90 Å². The molecule has 3 aromatic carbocycles. The molecule has 0 spiro atoms. The van der Waals surface area contributed by atoms with Crippen LogP contribution in [0.3, 0.4) is 0 Å². The van der Waals surface area contributed by atoms with E-state index in [-0.39, 0.29) is 0 Å². The summed E-state index contributed by atoms with van der Waals surface area (Å²) >= 11 is 6.48. The Morgan fingerprint density at radius 2 is 1.77 bits per heavy atom. The van der Waals surface area contributed by atoms with Gasteiger partial charge in [-0.1, -0.05) is 48.0 Å². The Kier molecular flexibility index (Phi) is 8.72. The van der Waals surface area contributed by atoms with Gasteiger partial charge in [0.25, 0.3) is 0 Å². The fourth-order valence-corrected chi connectivity index (χ4v) is 5.06. The highest BCUT2D eigenvalue weighted by molar-refractivity contribution is 6.33. The first kappa shape index (κ1) is 27.5. The van der Waals surface area contributed by atoms with E-state index in [4.69, 9.17) is 35.3 Å². The van der Waals surface area contributed by atoms with E-state index in [0.29, 0.717) is 43.1 Å². The molecule has 0 aliphatic carbocycles. The molecule has 3 aromatic rings. The largest absolute Gasteiger partial charge is 0.493 e. The summed E-state index contributed by atoms with van der Waals surface area (Å²) in [5.74, 6) is 0.932. The molecule has 2 aliphatic heterocycles. The van der Waals surface area contributed by atoms with E-state index in [2.05, 4.69) is 6.07 Å². The number of hydrogen-bond donors (Lipinski definition) is 1. The molecule has 39 heavy (non-hydrogen) atoms. The van der Waals surface area contributed by atoms with Crippen molar-refractivity contribution in [1.82, 2.24) is 0 Å². The number of aliphatic carboxylic acids is 1. The van der Waals surface area contributed by atoms with Gasteiger partial charge in [0.15, 0.2) is 6.10 Å². The van der Waals surface area contributed by atoms with Crippen molar-refractivity contribution in [3.05, 3.63) is 82.9 Å². The Morgan fingerprint density at radius 3 is 2.44 bits per heavy atom. The van der Waals surface area contributed by atoms with E-state index < -0.39 is 17.7 Å². The van der Waals surface area contributed by atoms with Gasteiger partial charge < -0.3 is 28.8 Å². The summed E-state index contributed by atoms with van der Waals surface area (Å²) in [5.41, 5.74) is 2.96. The first-order chi connectivity index (χ1) is 18.9. The summed E-state index contributed by atoms with van der Waals surface area (Å²) in [4.78, 5) is 11.3. The maximum atomic E-state index is 11.3. The van der Waals surface area contributed by atoms with E-state index in [0.717, 1.165) is 54.1 Å². The number of ether oxygens (including phenoxy) is 5. The number of carboxylic acid groups (broad SMARTS) is 1. The smallest absolute Gasteiger partial charge is 0.332 e. The summed E-state index contributed by atoms with van der Waals surface area (Å²) in [7, 11) is 0. The molecule has 1 atom stereocenters. The lowest BCUT2D eigenvalue weighted by Gasteiger charge is -2.42. The molecule has 2 aliphatic rings. The summed E-state index contributed by atoms with van der Waals surface area (Å²) in [6.45, 7) is 4.65. The van der Waals surface area contributed by atoms with Gasteiger partial charge in [-0.2, -0.15) is 0 Å². The van der Waals surface area contributed by atoms with Crippen LogP contribution in [0.25, 0.3) is 11.1 Å². The van der Waals surface area contributed by atoms with Crippen LogP contribution >= 0.6 is 11.6 Å². The second kappa shape index (κ2) is 12.4. The lowest BCUT2D eigenvalue weighted by Crippen LogP contribution is -2.51. The Balaban J connectivity index is 1.31. The van der Waals surface area contributed by atoms with Crippen molar-refractivity contribution in [1.29, 1.82) is 0 Å². The van der Waals surface area contributed by atoms with Crippen molar-refractivity contribution in [2.24, 2.45) is 5.92 Å². The molecule has 1 unspecified atom stereocenters. The number of halogens is 1. The lowest BCUT2D eigenvalue weighted by molar-refractivity contribution is -0.237. The molecule has 7 nitrogen and oxygen atoms in total. The molecule has 0 bridgehead atoms. The maximum absolute atomic E-state index is 11.3. The summed E-state index contributed by atoms with van der Waals surface area (Å²) in [6, 6.07) is 21.4.